The largest absolute Gasteiger partial charge is 0.507 e. The molecule has 2 aromatic rings. The maximum Gasteiger partial charge on any atom is 0.295 e. The van der Waals surface area contributed by atoms with Gasteiger partial charge in [-0.05, 0) is 69.9 Å². The van der Waals surface area contributed by atoms with E-state index < -0.39 is 17.7 Å². The van der Waals surface area contributed by atoms with Gasteiger partial charge in [0, 0.05) is 37.5 Å². The minimum Gasteiger partial charge on any atom is -0.507 e. The number of carbonyl (C=O) groups is 2. The van der Waals surface area contributed by atoms with Crippen molar-refractivity contribution in [3.8, 4) is 0 Å². The molecular weight excluding hydrogens is 428 g/mol. The lowest BCUT2D eigenvalue weighted by Crippen LogP contribution is -2.36. The fraction of sp³-hybridized carbons (Fsp3) is 0.429. The summed E-state index contributed by atoms with van der Waals surface area (Å²) in [5.41, 5.74) is 4.44. The molecule has 0 saturated carbocycles. The van der Waals surface area contributed by atoms with E-state index in [4.69, 9.17) is 4.74 Å². The number of aliphatic hydroxyl groups excluding tert-OH is 1. The van der Waals surface area contributed by atoms with Crippen LogP contribution in [0.5, 0.6) is 0 Å². The zero-order chi connectivity index (χ0) is 24.4. The number of carbonyl (C=O) groups excluding carboxylic acids is 2. The average Bonchev–Trinajstić information content (AvgIpc) is 3.44. The Bertz CT molecular complexity index is 1100. The molecule has 2 saturated heterocycles. The van der Waals surface area contributed by atoms with E-state index in [9.17, 15) is 14.7 Å². The monoisotopic (exact) mass is 462 g/mol. The van der Waals surface area contributed by atoms with Gasteiger partial charge in [0.05, 0.1) is 17.7 Å². The number of benzene rings is 2. The summed E-state index contributed by atoms with van der Waals surface area (Å²) in [6, 6.07) is 13.0. The lowest BCUT2D eigenvalue weighted by Gasteiger charge is -2.28. The van der Waals surface area contributed by atoms with Gasteiger partial charge in [0.15, 0.2) is 0 Å². The normalized spacial score (nSPS) is 21.9. The fourth-order valence-electron chi connectivity index (χ4n) is 5.01. The third-order valence-electron chi connectivity index (χ3n) is 6.95. The molecule has 180 valence electrons. The molecular formula is C28H34N2O4. The summed E-state index contributed by atoms with van der Waals surface area (Å²) in [6.45, 7) is 10.8. The molecule has 6 heteroatoms. The molecule has 6 nitrogen and oxygen atoms in total. The number of hydrogen-bond acceptors (Lipinski definition) is 5. The summed E-state index contributed by atoms with van der Waals surface area (Å²) in [7, 11) is 0. The standard InChI is InChI=1S/C28H34N2O4/c1-5-29(6-2)21-13-11-20(12-14-21)25-24(26(31)23-16-18(3)9-10-19(23)4)27(32)28(33)30(25)17-22-8-7-15-34-22/h9-14,16,22,25,31H,5-8,15,17H2,1-4H3/b26-24+. The highest BCUT2D eigenvalue weighted by Gasteiger charge is 2.47. The number of likely N-dealkylation sites (tertiary alicyclic amines) is 1. The number of ketones is 1. The quantitative estimate of drug-likeness (QED) is 0.365. The van der Waals surface area contributed by atoms with Crippen LogP contribution in [-0.2, 0) is 14.3 Å². The summed E-state index contributed by atoms with van der Waals surface area (Å²) in [4.78, 5) is 30.3. The Morgan fingerprint density at radius 1 is 1.09 bits per heavy atom. The van der Waals surface area contributed by atoms with E-state index in [0.29, 0.717) is 18.7 Å². The predicted molar refractivity (Wildman–Crippen MR) is 134 cm³/mol. The van der Waals surface area contributed by atoms with Gasteiger partial charge in [0.1, 0.15) is 5.76 Å². The third kappa shape index (κ3) is 4.47. The van der Waals surface area contributed by atoms with Gasteiger partial charge in [-0.25, -0.2) is 0 Å². The zero-order valence-electron chi connectivity index (χ0n) is 20.5. The Labute approximate surface area is 201 Å². The van der Waals surface area contributed by atoms with E-state index in [0.717, 1.165) is 48.3 Å². The Hall–Kier alpha value is -3.12. The topological polar surface area (TPSA) is 70.1 Å². The van der Waals surface area contributed by atoms with Crippen molar-refractivity contribution in [2.45, 2.75) is 52.7 Å². The van der Waals surface area contributed by atoms with Gasteiger partial charge < -0.3 is 19.6 Å². The summed E-state index contributed by atoms with van der Waals surface area (Å²) in [5.74, 6) is -1.35. The van der Waals surface area contributed by atoms with E-state index in [2.05, 4.69) is 18.7 Å². The first kappa shape index (κ1) is 24.0. The van der Waals surface area contributed by atoms with Crippen LogP contribution < -0.4 is 4.90 Å². The lowest BCUT2D eigenvalue weighted by atomic mass is 9.93. The lowest BCUT2D eigenvalue weighted by molar-refractivity contribution is -0.140. The number of nitrogens with zero attached hydrogens (tertiary/aromatic N) is 2. The number of Topliss-reactive ketones (excluding diaryl/α,β-unsaturated/α-hetero) is 1. The Morgan fingerprint density at radius 2 is 1.79 bits per heavy atom. The van der Waals surface area contributed by atoms with E-state index in [1.54, 1.807) is 4.90 Å². The first-order valence-electron chi connectivity index (χ1n) is 12.2. The molecule has 0 radical (unpaired) electrons. The van der Waals surface area contributed by atoms with Gasteiger partial charge in [-0.3, -0.25) is 9.59 Å². The van der Waals surface area contributed by atoms with Crippen LogP contribution in [0.15, 0.2) is 48.0 Å². The van der Waals surface area contributed by atoms with Gasteiger partial charge in [-0.15, -0.1) is 0 Å². The highest BCUT2D eigenvalue weighted by atomic mass is 16.5. The second-order valence-corrected chi connectivity index (χ2v) is 9.17. The molecule has 4 rings (SSSR count). The molecule has 0 aromatic heterocycles. The van der Waals surface area contributed by atoms with Crippen LogP contribution in [0.4, 0.5) is 5.69 Å². The summed E-state index contributed by atoms with van der Waals surface area (Å²) in [6.07, 6.45) is 1.70. The van der Waals surface area contributed by atoms with E-state index in [-0.39, 0.29) is 17.4 Å². The van der Waals surface area contributed by atoms with Crippen LogP contribution in [0.3, 0.4) is 0 Å². The molecule has 2 unspecified atom stereocenters. The van der Waals surface area contributed by atoms with Crippen LogP contribution >= 0.6 is 0 Å². The first-order valence-corrected chi connectivity index (χ1v) is 12.2. The Balaban J connectivity index is 1.82. The van der Waals surface area contributed by atoms with E-state index >= 15 is 0 Å². The first-order chi connectivity index (χ1) is 16.3. The van der Waals surface area contributed by atoms with Crippen molar-refractivity contribution >= 4 is 23.1 Å². The number of anilines is 1. The summed E-state index contributed by atoms with van der Waals surface area (Å²) >= 11 is 0. The number of aryl methyl sites for hydroxylation is 2. The molecule has 2 fully saturated rings. The Morgan fingerprint density at radius 3 is 2.41 bits per heavy atom. The number of rotatable bonds is 7. The highest BCUT2D eigenvalue weighted by molar-refractivity contribution is 6.46. The number of aliphatic hydroxyl groups is 1. The van der Waals surface area contributed by atoms with Gasteiger partial charge in [-0.1, -0.05) is 29.8 Å². The summed E-state index contributed by atoms with van der Waals surface area (Å²) in [5, 5.41) is 11.4. The third-order valence-corrected chi connectivity index (χ3v) is 6.95. The van der Waals surface area contributed by atoms with Crippen molar-refractivity contribution in [2.24, 2.45) is 0 Å². The molecule has 2 aliphatic rings. The molecule has 1 amide bonds. The van der Waals surface area contributed by atoms with Crippen molar-refractivity contribution in [3.05, 3.63) is 70.3 Å². The van der Waals surface area contributed by atoms with Crippen molar-refractivity contribution < 1.29 is 19.4 Å². The molecule has 1 N–H and O–H groups in total. The average molecular weight is 463 g/mol. The summed E-state index contributed by atoms with van der Waals surface area (Å²) < 4.78 is 5.79. The minimum absolute atomic E-state index is 0.101. The molecule has 2 atom stereocenters. The molecule has 2 heterocycles. The van der Waals surface area contributed by atoms with Crippen molar-refractivity contribution in [3.63, 3.8) is 0 Å². The maximum absolute atomic E-state index is 13.3. The SMILES string of the molecule is CCN(CC)c1ccc(C2/C(=C(\O)c3cc(C)ccc3C)C(=O)C(=O)N2CC2CCCO2)cc1. The Kier molecular flexibility index (Phi) is 7.08. The van der Waals surface area contributed by atoms with Gasteiger partial charge in [0.2, 0.25) is 0 Å². The highest BCUT2D eigenvalue weighted by Crippen LogP contribution is 2.41. The van der Waals surface area contributed by atoms with Crippen molar-refractivity contribution in [2.75, 3.05) is 31.1 Å². The minimum atomic E-state index is -0.658. The van der Waals surface area contributed by atoms with Crippen molar-refractivity contribution in [1.29, 1.82) is 0 Å². The van der Waals surface area contributed by atoms with Crippen LogP contribution in [-0.4, -0.2) is 54.0 Å². The second-order valence-electron chi connectivity index (χ2n) is 9.17. The molecule has 2 aliphatic heterocycles. The molecule has 2 aromatic carbocycles. The number of amides is 1. The van der Waals surface area contributed by atoms with E-state index in [1.165, 1.54) is 0 Å². The number of hydrogen-bond donors (Lipinski definition) is 1. The number of ether oxygens (including phenoxy) is 1. The maximum atomic E-state index is 13.3. The van der Waals surface area contributed by atoms with Crippen molar-refractivity contribution in [1.82, 2.24) is 4.90 Å². The molecule has 0 spiro atoms. The molecule has 34 heavy (non-hydrogen) atoms. The predicted octanol–water partition coefficient (Wildman–Crippen LogP) is 4.75. The van der Waals surface area contributed by atoms with E-state index in [1.807, 2.05) is 56.3 Å². The van der Waals surface area contributed by atoms with Gasteiger partial charge >= 0.3 is 0 Å². The fourth-order valence-corrected chi connectivity index (χ4v) is 5.01. The van der Waals surface area contributed by atoms with Crippen LogP contribution in [0.1, 0.15) is 55.0 Å². The van der Waals surface area contributed by atoms with Crippen LogP contribution in [0, 0.1) is 13.8 Å². The molecule has 0 bridgehead atoms. The second kappa shape index (κ2) is 10.0. The zero-order valence-corrected chi connectivity index (χ0v) is 20.5. The van der Waals surface area contributed by atoms with Gasteiger partial charge in [0.25, 0.3) is 11.7 Å². The molecule has 0 aliphatic carbocycles. The van der Waals surface area contributed by atoms with Crippen LogP contribution in [0.2, 0.25) is 0 Å². The smallest absolute Gasteiger partial charge is 0.295 e. The van der Waals surface area contributed by atoms with Gasteiger partial charge in [-0.2, -0.15) is 0 Å². The van der Waals surface area contributed by atoms with Crippen LogP contribution in [0.25, 0.3) is 5.76 Å².